The molecule has 1 N–H and O–H groups in total. The summed E-state index contributed by atoms with van der Waals surface area (Å²) in [5.41, 5.74) is 0.640. The molecule has 0 aliphatic heterocycles. The number of carbonyl (C=O) groups is 1. The van der Waals surface area contributed by atoms with Crippen LogP contribution in [0.1, 0.15) is 38.6 Å². The molecule has 3 rings (SSSR count). The lowest BCUT2D eigenvalue weighted by Crippen LogP contribution is -2.37. The molecular formula is C17H21N3O2S. The van der Waals surface area contributed by atoms with Crippen molar-refractivity contribution in [1.82, 2.24) is 15.1 Å². The maximum Gasteiger partial charge on any atom is 0.267 e. The highest BCUT2D eigenvalue weighted by Crippen LogP contribution is 2.25. The summed E-state index contributed by atoms with van der Waals surface area (Å²) in [5.74, 6) is 0.251. The average molecular weight is 331 g/mol. The molecule has 0 spiro atoms. The smallest absolute Gasteiger partial charge is 0.267 e. The Bertz CT molecular complexity index is 718. The maximum atomic E-state index is 12.1. The van der Waals surface area contributed by atoms with E-state index in [2.05, 4.69) is 10.4 Å². The van der Waals surface area contributed by atoms with Gasteiger partial charge in [0.1, 0.15) is 5.69 Å². The van der Waals surface area contributed by atoms with E-state index in [1.54, 1.807) is 17.4 Å². The lowest BCUT2D eigenvalue weighted by atomic mass is 10.1. The van der Waals surface area contributed by atoms with Crippen LogP contribution < -0.4 is 10.9 Å². The zero-order valence-electron chi connectivity index (χ0n) is 13.2. The van der Waals surface area contributed by atoms with Crippen LogP contribution >= 0.6 is 11.3 Å². The Balaban J connectivity index is 1.69. The Labute approximate surface area is 139 Å². The first-order valence-electron chi connectivity index (χ1n) is 8.06. The fourth-order valence-electron chi connectivity index (χ4n) is 2.96. The topological polar surface area (TPSA) is 64.0 Å². The van der Waals surface area contributed by atoms with Gasteiger partial charge in [-0.2, -0.15) is 5.10 Å². The zero-order chi connectivity index (χ0) is 16.2. The minimum Gasteiger partial charge on any atom is -0.354 e. The summed E-state index contributed by atoms with van der Waals surface area (Å²) in [4.78, 5) is 25.2. The lowest BCUT2D eigenvalue weighted by Gasteiger charge is -2.17. The molecule has 6 heteroatoms. The van der Waals surface area contributed by atoms with E-state index in [1.807, 2.05) is 24.4 Å². The first kappa shape index (κ1) is 15.9. The van der Waals surface area contributed by atoms with Gasteiger partial charge < -0.3 is 5.32 Å². The molecule has 2 heterocycles. The molecule has 1 fully saturated rings. The molecule has 1 aliphatic carbocycles. The average Bonchev–Trinajstić information content (AvgIpc) is 3.25. The molecule has 23 heavy (non-hydrogen) atoms. The third kappa shape index (κ3) is 3.69. The highest BCUT2D eigenvalue weighted by molar-refractivity contribution is 7.13. The number of nitrogens with one attached hydrogen (secondary N) is 1. The minimum atomic E-state index is -0.173. The fourth-order valence-corrected chi connectivity index (χ4v) is 3.65. The van der Waals surface area contributed by atoms with Gasteiger partial charge in [-0.15, -0.1) is 11.3 Å². The molecule has 0 bridgehead atoms. The number of carbonyl (C=O) groups excluding carboxylic acids is 1. The van der Waals surface area contributed by atoms with Crippen molar-refractivity contribution >= 4 is 17.2 Å². The number of amides is 1. The molecule has 1 aliphatic rings. The van der Waals surface area contributed by atoms with Gasteiger partial charge in [0, 0.05) is 18.5 Å². The number of hydrogen-bond acceptors (Lipinski definition) is 4. The van der Waals surface area contributed by atoms with Gasteiger partial charge >= 0.3 is 0 Å². The van der Waals surface area contributed by atoms with Gasteiger partial charge in [-0.3, -0.25) is 9.59 Å². The van der Waals surface area contributed by atoms with E-state index < -0.39 is 0 Å². The van der Waals surface area contributed by atoms with Crippen LogP contribution in [0.5, 0.6) is 0 Å². The summed E-state index contributed by atoms with van der Waals surface area (Å²) in [7, 11) is 0. The molecule has 1 unspecified atom stereocenters. The van der Waals surface area contributed by atoms with Crippen molar-refractivity contribution in [3.63, 3.8) is 0 Å². The molecule has 122 valence electrons. The van der Waals surface area contributed by atoms with Crippen molar-refractivity contribution < 1.29 is 4.79 Å². The number of thiophene rings is 1. The molecule has 0 aromatic carbocycles. The van der Waals surface area contributed by atoms with Gasteiger partial charge in [-0.25, -0.2) is 4.68 Å². The SMILES string of the molecule is CC(CNC(=O)C1CCCC1)n1nc(-c2cccs2)ccc1=O. The lowest BCUT2D eigenvalue weighted by molar-refractivity contribution is -0.124. The van der Waals surface area contributed by atoms with Gasteiger partial charge in [0.15, 0.2) is 0 Å². The minimum absolute atomic E-state index is 0.108. The van der Waals surface area contributed by atoms with E-state index in [0.29, 0.717) is 6.54 Å². The van der Waals surface area contributed by atoms with Gasteiger partial charge in [-0.1, -0.05) is 18.9 Å². The molecular weight excluding hydrogens is 310 g/mol. The second kappa shape index (κ2) is 7.08. The van der Waals surface area contributed by atoms with E-state index in [9.17, 15) is 9.59 Å². The van der Waals surface area contributed by atoms with Gasteiger partial charge in [0.25, 0.3) is 5.56 Å². The predicted octanol–water partition coefficient (Wildman–Crippen LogP) is 2.84. The monoisotopic (exact) mass is 331 g/mol. The number of nitrogens with zero attached hydrogens (tertiary/aromatic N) is 2. The molecule has 1 amide bonds. The van der Waals surface area contributed by atoms with E-state index in [0.717, 1.165) is 36.3 Å². The second-order valence-electron chi connectivity index (χ2n) is 6.05. The summed E-state index contributed by atoms with van der Waals surface area (Å²) in [6.45, 7) is 2.33. The van der Waals surface area contributed by atoms with Crippen molar-refractivity contribution in [3.8, 4) is 10.6 Å². The van der Waals surface area contributed by atoms with Crippen LogP contribution in [0.3, 0.4) is 0 Å². The third-order valence-electron chi connectivity index (χ3n) is 4.31. The van der Waals surface area contributed by atoms with Crippen LogP contribution in [0.25, 0.3) is 10.6 Å². The van der Waals surface area contributed by atoms with E-state index >= 15 is 0 Å². The van der Waals surface area contributed by atoms with E-state index in [-0.39, 0.29) is 23.4 Å². The molecule has 1 atom stereocenters. The zero-order valence-corrected chi connectivity index (χ0v) is 14.0. The Hall–Kier alpha value is -1.95. The largest absolute Gasteiger partial charge is 0.354 e. The summed E-state index contributed by atoms with van der Waals surface area (Å²) < 4.78 is 1.46. The summed E-state index contributed by atoms with van der Waals surface area (Å²) in [5, 5.41) is 9.41. The van der Waals surface area contributed by atoms with Gasteiger partial charge in [0.05, 0.1) is 10.9 Å². The van der Waals surface area contributed by atoms with Crippen molar-refractivity contribution in [1.29, 1.82) is 0 Å². The van der Waals surface area contributed by atoms with Crippen LogP contribution in [-0.2, 0) is 4.79 Å². The number of aromatic nitrogens is 2. The number of hydrogen-bond donors (Lipinski definition) is 1. The van der Waals surface area contributed by atoms with Gasteiger partial charge in [-0.05, 0) is 37.3 Å². The quantitative estimate of drug-likeness (QED) is 0.916. The standard InChI is InChI=1S/C17H21N3O2S/c1-12(11-18-17(22)13-5-2-3-6-13)20-16(21)9-8-14(19-20)15-7-4-10-23-15/h4,7-10,12-13H,2-3,5-6,11H2,1H3,(H,18,22). The molecule has 1 saturated carbocycles. The first-order chi connectivity index (χ1) is 11.1. The highest BCUT2D eigenvalue weighted by atomic mass is 32.1. The summed E-state index contributed by atoms with van der Waals surface area (Å²) in [6.07, 6.45) is 4.23. The fraction of sp³-hybridized carbons (Fsp3) is 0.471. The van der Waals surface area contributed by atoms with E-state index in [4.69, 9.17) is 0 Å². The first-order valence-corrected chi connectivity index (χ1v) is 8.94. The molecule has 0 radical (unpaired) electrons. The third-order valence-corrected chi connectivity index (χ3v) is 5.21. The van der Waals surface area contributed by atoms with Gasteiger partial charge in [0.2, 0.25) is 5.91 Å². The molecule has 2 aromatic rings. The van der Waals surface area contributed by atoms with Crippen molar-refractivity contribution in [2.45, 2.75) is 38.6 Å². The molecule has 0 saturated heterocycles. The van der Waals surface area contributed by atoms with Crippen LogP contribution in [0.15, 0.2) is 34.4 Å². The van der Waals surface area contributed by atoms with Crippen molar-refractivity contribution in [2.75, 3.05) is 6.54 Å². The predicted molar refractivity (Wildman–Crippen MR) is 91.5 cm³/mol. The Morgan fingerprint density at radius 3 is 2.87 bits per heavy atom. The number of rotatable bonds is 5. The summed E-state index contributed by atoms with van der Waals surface area (Å²) in [6, 6.07) is 7.05. The van der Waals surface area contributed by atoms with Crippen LogP contribution in [0, 0.1) is 5.92 Å². The Kier molecular flexibility index (Phi) is 4.91. The highest BCUT2D eigenvalue weighted by Gasteiger charge is 2.23. The van der Waals surface area contributed by atoms with Crippen LogP contribution in [0.4, 0.5) is 0 Å². The molecule has 2 aromatic heterocycles. The second-order valence-corrected chi connectivity index (χ2v) is 7.00. The van der Waals surface area contributed by atoms with Crippen LogP contribution in [0.2, 0.25) is 0 Å². The maximum absolute atomic E-state index is 12.1. The normalized spacial score (nSPS) is 16.4. The van der Waals surface area contributed by atoms with E-state index in [1.165, 1.54) is 10.7 Å². The Morgan fingerprint density at radius 2 is 2.17 bits per heavy atom. The summed E-state index contributed by atoms with van der Waals surface area (Å²) >= 11 is 1.59. The Morgan fingerprint density at radius 1 is 1.39 bits per heavy atom. The van der Waals surface area contributed by atoms with Crippen LogP contribution in [-0.4, -0.2) is 22.2 Å². The van der Waals surface area contributed by atoms with Crippen molar-refractivity contribution in [2.24, 2.45) is 5.92 Å². The molecule has 5 nitrogen and oxygen atoms in total. The van der Waals surface area contributed by atoms with Crippen molar-refractivity contribution in [3.05, 3.63) is 40.0 Å².